The zero-order valence-electron chi connectivity index (χ0n) is 20.8. The monoisotopic (exact) mass is 513 g/mol. The van der Waals surface area contributed by atoms with Crippen molar-refractivity contribution in [3.63, 3.8) is 0 Å². The molecule has 5 rings (SSSR count). The van der Waals surface area contributed by atoms with E-state index in [4.69, 9.17) is 16.3 Å². The van der Waals surface area contributed by atoms with Gasteiger partial charge in [-0.3, -0.25) is 14.4 Å². The van der Waals surface area contributed by atoms with Crippen molar-refractivity contribution >= 4 is 35.0 Å². The van der Waals surface area contributed by atoms with E-state index in [2.05, 4.69) is 0 Å². The number of halogens is 1. The number of hydrogen-bond acceptors (Lipinski definition) is 5. The normalized spacial score (nSPS) is 34.4. The van der Waals surface area contributed by atoms with Crippen LogP contribution in [0.2, 0.25) is 5.02 Å². The maximum atomic E-state index is 14.3. The molecule has 1 spiro atoms. The van der Waals surface area contributed by atoms with E-state index < -0.39 is 35.1 Å². The van der Waals surface area contributed by atoms with Crippen LogP contribution in [0.25, 0.3) is 0 Å². The summed E-state index contributed by atoms with van der Waals surface area (Å²) in [6.45, 7) is 4.22. The molecule has 36 heavy (non-hydrogen) atoms. The highest BCUT2D eigenvalue weighted by Gasteiger charge is 2.75. The van der Waals surface area contributed by atoms with Crippen LogP contribution in [0.15, 0.2) is 48.6 Å². The lowest BCUT2D eigenvalue weighted by Crippen LogP contribution is -2.59. The highest BCUT2D eigenvalue weighted by molar-refractivity contribution is 6.30. The number of carbonyl (C=O) groups is 3. The van der Waals surface area contributed by atoms with Crippen LogP contribution in [0.5, 0.6) is 0 Å². The molecule has 3 amide bonds. The smallest absolute Gasteiger partial charge is 0.253 e. The van der Waals surface area contributed by atoms with Crippen LogP contribution in [0.4, 0.5) is 5.69 Å². The van der Waals surface area contributed by atoms with Crippen LogP contribution in [0.1, 0.15) is 26.7 Å². The van der Waals surface area contributed by atoms with E-state index in [0.29, 0.717) is 30.1 Å². The molecule has 0 radical (unpaired) electrons. The fourth-order valence-electron chi connectivity index (χ4n) is 6.48. The van der Waals surface area contributed by atoms with Crippen molar-refractivity contribution in [2.75, 3.05) is 31.6 Å². The van der Waals surface area contributed by atoms with Gasteiger partial charge in [-0.2, -0.15) is 0 Å². The Morgan fingerprint density at radius 1 is 1.03 bits per heavy atom. The SMILES string of the molecule is CC[C@@H](CO)N1C(=O)[C@@H]2[C@H]3C(=O)N(C)CC=C[C@@]3(CC)O[C@@]23C=CCN(c2ccc(Cl)cc2)C(=O)C13. The average Bonchev–Trinajstić information content (AvgIpc) is 3.17. The molecule has 1 N–H and O–H groups in total. The number of ether oxygens (including phenoxy) is 1. The minimum Gasteiger partial charge on any atom is -0.394 e. The molecule has 4 aliphatic heterocycles. The number of aliphatic hydroxyl groups excluding tert-OH is 1. The Morgan fingerprint density at radius 3 is 2.36 bits per heavy atom. The van der Waals surface area contributed by atoms with Crippen molar-refractivity contribution in [3.05, 3.63) is 53.6 Å². The van der Waals surface area contributed by atoms with Gasteiger partial charge in [0.05, 0.1) is 30.1 Å². The summed E-state index contributed by atoms with van der Waals surface area (Å²) in [7, 11) is 1.72. The van der Waals surface area contributed by atoms with Crippen LogP contribution in [0.3, 0.4) is 0 Å². The van der Waals surface area contributed by atoms with E-state index in [0.717, 1.165) is 0 Å². The van der Waals surface area contributed by atoms with Gasteiger partial charge in [-0.05, 0) is 37.1 Å². The number of carbonyl (C=O) groups excluding carboxylic acids is 3. The van der Waals surface area contributed by atoms with Gasteiger partial charge < -0.3 is 24.5 Å². The summed E-state index contributed by atoms with van der Waals surface area (Å²) in [5, 5.41) is 10.8. The van der Waals surface area contributed by atoms with E-state index in [-0.39, 0.29) is 30.9 Å². The van der Waals surface area contributed by atoms with Gasteiger partial charge in [-0.25, -0.2) is 0 Å². The van der Waals surface area contributed by atoms with Crippen LogP contribution in [-0.4, -0.2) is 82.7 Å². The van der Waals surface area contributed by atoms with Crippen LogP contribution in [-0.2, 0) is 19.1 Å². The van der Waals surface area contributed by atoms with Crippen molar-refractivity contribution in [1.82, 2.24) is 9.80 Å². The van der Waals surface area contributed by atoms with E-state index in [1.165, 1.54) is 4.90 Å². The zero-order valence-corrected chi connectivity index (χ0v) is 21.5. The summed E-state index contributed by atoms with van der Waals surface area (Å²) in [4.78, 5) is 47.0. The minimum absolute atomic E-state index is 0.172. The van der Waals surface area contributed by atoms with Crippen molar-refractivity contribution < 1.29 is 24.2 Å². The number of likely N-dealkylation sites (N-methyl/N-ethyl adjacent to an activating group) is 1. The molecule has 4 heterocycles. The van der Waals surface area contributed by atoms with Gasteiger partial charge in [-0.1, -0.05) is 49.8 Å². The molecule has 2 saturated heterocycles. The number of hydrogen-bond donors (Lipinski definition) is 1. The molecule has 0 saturated carbocycles. The van der Waals surface area contributed by atoms with Crippen molar-refractivity contribution in [2.24, 2.45) is 11.8 Å². The molecule has 192 valence electrons. The molecule has 1 aromatic rings. The van der Waals surface area contributed by atoms with Crippen molar-refractivity contribution in [1.29, 1.82) is 0 Å². The molecule has 6 atom stereocenters. The predicted octanol–water partition coefficient (Wildman–Crippen LogP) is 2.40. The van der Waals surface area contributed by atoms with Gasteiger partial charge in [-0.15, -0.1) is 0 Å². The summed E-state index contributed by atoms with van der Waals surface area (Å²) in [5.41, 5.74) is -1.70. The lowest BCUT2D eigenvalue weighted by molar-refractivity contribution is -0.152. The summed E-state index contributed by atoms with van der Waals surface area (Å²) in [6, 6.07) is 5.36. The van der Waals surface area contributed by atoms with Gasteiger partial charge in [0.15, 0.2) is 0 Å². The number of aliphatic hydroxyl groups is 1. The molecule has 2 fully saturated rings. The molecule has 0 bridgehead atoms. The van der Waals surface area contributed by atoms with Gasteiger partial charge in [0.1, 0.15) is 11.6 Å². The predicted molar refractivity (Wildman–Crippen MR) is 135 cm³/mol. The Balaban J connectivity index is 1.70. The maximum Gasteiger partial charge on any atom is 0.253 e. The number of nitrogens with zero attached hydrogens (tertiary/aromatic N) is 3. The molecule has 1 aromatic carbocycles. The average molecular weight is 514 g/mol. The van der Waals surface area contributed by atoms with Gasteiger partial charge in [0.2, 0.25) is 11.8 Å². The van der Waals surface area contributed by atoms with Crippen LogP contribution in [0, 0.1) is 11.8 Å². The molecular formula is C27H32ClN3O5. The summed E-state index contributed by atoms with van der Waals surface area (Å²) >= 11 is 6.08. The molecular weight excluding hydrogens is 482 g/mol. The second-order valence-corrected chi connectivity index (χ2v) is 10.5. The highest BCUT2D eigenvalue weighted by Crippen LogP contribution is 2.59. The third-order valence-electron chi connectivity index (χ3n) is 8.29. The number of rotatable bonds is 5. The Hall–Kier alpha value is -2.68. The number of benzene rings is 1. The van der Waals surface area contributed by atoms with Crippen LogP contribution >= 0.6 is 11.6 Å². The minimum atomic E-state index is -1.34. The fraction of sp³-hybridized carbons (Fsp3) is 0.519. The van der Waals surface area contributed by atoms with Gasteiger partial charge in [0.25, 0.3) is 5.91 Å². The van der Waals surface area contributed by atoms with E-state index in [1.54, 1.807) is 41.1 Å². The van der Waals surface area contributed by atoms with E-state index in [9.17, 15) is 19.5 Å². The molecule has 0 aliphatic carbocycles. The molecule has 0 aromatic heterocycles. The van der Waals surface area contributed by atoms with Crippen LogP contribution < -0.4 is 4.90 Å². The lowest BCUT2D eigenvalue weighted by Gasteiger charge is -2.40. The molecule has 4 aliphatic rings. The first-order chi connectivity index (χ1) is 17.2. The number of likely N-dealkylation sites (tertiary alicyclic amines) is 1. The first kappa shape index (κ1) is 25.0. The van der Waals surface area contributed by atoms with Crippen molar-refractivity contribution in [2.45, 2.75) is 50.0 Å². The Labute approximate surface area is 216 Å². The lowest BCUT2D eigenvalue weighted by atomic mass is 9.73. The Kier molecular flexibility index (Phi) is 6.25. The van der Waals surface area contributed by atoms with E-state index in [1.807, 2.05) is 38.2 Å². The summed E-state index contributed by atoms with van der Waals surface area (Å²) in [5.74, 6) is -2.46. The first-order valence-electron chi connectivity index (χ1n) is 12.5. The second-order valence-electron chi connectivity index (χ2n) is 10.1. The fourth-order valence-corrected chi connectivity index (χ4v) is 6.61. The molecule has 9 heteroatoms. The molecule has 8 nitrogen and oxygen atoms in total. The third kappa shape index (κ3) is 3.38. The first-order valence-corrected chi connectivity index (χ1v) is 12.9. The Bertz CT molecular complexity index is 1130. The quantitative estimate of drug-likeness (QED) is 0.611. The maximum absolute atomic E-state index is 14.3. The Morgan fingerprint density at radius 2 is 1.72 bits per heavy atom. The molecule has 1 unspecified atom stereocenters. The third-order valence-corrected chi connectivity index (χ3v) is 8.54. The van der Waals surface area contributed by atoms with Gasteiger partial charge >= 0.3 is 0 Å². The highest BCUT2D eigenvalue weighted by atomic mass is 35.5. The number of fused-ring (bicyclic) bond motifs is 2. The topological polar surface area (TPSA) is 90.4 Å². The number of anilines is 1. The van der Waals surface area contributed by atoms with Gasteiger partial charge in [0, 0.05) is 30.8 Å². The summed E-state index contributed by atoms with van der Waals surface area (Å²) < 4.78 is 6.88. The largest absolute Gasteiger partial charge is 0.394 e. The zero-order chi connectivity index (χ0) is 25.8. The number of amides is 3. The summed E-state index contributed by atoms with van der Waals surface area (Å²) in [6.07, 6.45) is 8.42. The van der Waals surface area contributed by atoms with E-state index >= 15 is 0 Å². The van der Waals surface area contributed by atoms with Crippen molar-refractivity contribution in [3.8, 4) is 0 Å². The second kappa shape index (κ2) is 9.01. The standard InChI is InChI=1S/C27H32ClN3O5/c1-4-18(16-32)31-22-25(35)30(19-10-8-17(28)9-11-19)15-7-13-27(22)21(24(31)34)20-23(33)29(3)14-6-12-26(20,5-2)36-27/h6-13,18,20-22,32H,4-5,14-16H2,1-3H3/t18-,20-,21-,22?,26+,27-/m0/s1.